The van der Waals surface area contributed by atoms with Crippen LogP contribution < -0.4 is 20.1 Å². The summed E-state index contributed by atoms with van der Waals surface area (Å²) in [5.41, 5.74) is 0.749. The number of hydrogen-bond donors (Lipinski definition) is 2. The van der Waals surface area contributed by atoms with Crippen LogP contribution in [0.2, 0.25) is 0 Å². The first kappa shape index (κ1) is 18.9. The van der Waals surface area contributed by atoms with Crippen molar-refractivity contribution in [2.75, 3.05) is 36.6 Å². The van der Waals surface area contributed by atoms with Crippen LogP contribution in [0.15, 0.2) is 18.2 Å². The van der Waals surface area contributed by atoms with Gasteiger partial charge in [0.15, 0.2) is 11.5 Å². The molecule has 5 nitrogen and oxygen atoms in total. The first-order valence-corrected chi connectivity index (χ1v) is 9.89. The molecular formula is C18H28N2O3S. The summed E-state index contributed by atoms with van der Waals surface area (Å²) in [5.74, 6) is 3.55. The predicted octanol–water partition coefficient (Wildman–Crippen LogP) is 3.30. The Morgan fingerprint density at radius 2 is 2.00 bits per heavy atom. The minimum Gasteiger partial charge on any atom is -0.490 e. The van der Waals surface area contributed by atoms with Crippen LogP contribution in [0.3, 0.4) is 0 Å². The average Bonchev–Trinajstić information content (AvgIpc) is 2.60. The second-order valence-electron chi connectivity index (χ2n) is 5.84. The number of benzene rings is 1. The molecule has 0 bridgehead atoms. The van der Waals surface area contributed by atoms with Gasteiger partial charge in [0.25, 0.3) is 0 Å². The summed E-state index contributed by atoms with van der Waals surface area (Å²) in [6, 6.07) is 5.84. The van der Waals surface area contributed by atoms with Crippen LogP contribution in [0.5, 0.6) is 11.5 Å². The number of rotatable bonds is 9. The Morgan fingerprint density at radius 3 is 2.67 bits per heavy atom. The van der Waals surface area contributed by atoms with Crippen molar-refractivity contribution in [2.45, 2.75) is 39.2 Å². The Balaban J connectivity index is 1.96. The van der Waals surface area contributed by atoms with E-state index in [0.717, 1.165) is 42.3 Å². The molecule has 134 valence electrons. The predicted molar refractivity (Wildman–Crippen MR) is 100 cm³/mol. The molecule has 2 rings (SSSR count). The van der Waals surface area contributed by atoms with Crippen LogP contribution in [-0.4, -0.2) is 43.2 Å². The number of carbonyl (C=O) groups excluding carboxylic acids is 1. The van der Waals surface area contributed by atoms with Gasteiger partial charge < -0.3 is 20.1 Å². The van der Waals surface area contributed by atoms with E-state index in [-0.39, 0.29) is 11.9 Å². The van der Waals surface area contributed by atoms with Gasteiger partial charge in [-0.1, -0.05) is 13.8 Å². The fourth-order valence-corrected chi connectivity index (χ4v) is 3.38. The maximum Gasteiger partial charge on any atom is 0.225 e. The van der Waals surface area contributed by atoms with Crippen molar-refractivity contribution < 1.29 is 14.3 Å². The molecule has 0 radical (unpaired) electrons. The first-order chi connectivity index (χ1) is 11.7. The molecule has 1 aromatic rings. The molecule has 0 spiro atoms. The molecule has 1 fully saturated rings. The van der Waals surface area contributed by atoms with E-state index >= 15 is 0 Å². The summed E-state index contributed by atoms with van der Waals surface area (Å²) in [6.07, 6.45) is 2.36. The van der Waals surface area contributed by atoms with Gasteiger partial charge in [-0.3, -0.25) is 4.79 Å². The van der Waals surface area contributed by atoms with E-state index in [1.807, 2.05) is 30.0 Å². The highest BCUT2D eigenvalue weighted by molar-refractivity contribution is 7.99. The summed E-state index contributed by atoms with van der Waals surface area (Å²) in [7, 11) is 0. The highest BCUT2D eigenvalue weighted by Crippen LogP contribution is 2.31. The molecule has 1 atom stereocenters. The standard InChI is InChI=1S/C18H28N2O3S/c1-3-8-22-16-6-5-14(11-17(16)23-9-4-2)20-18(21)12-15-13-24-10-7-19-15/h5-6,11,15,19H,3-4,7-10,12-13H2,1-2H3,(H,20,21). The number of hydrogen-bond acceptors (Lipinski definition) is 5. The summed E-state index contributed by atoms with van der Waals surface area (Å²) >= 11 is 1.89. The molecule has 1 aliphatic rings. The van der Waals surface area contributed by atoms with Crippen molar-refractivity contribution in [1.82, 2.24) is 5.32 Å². The minimum absolute atomic E-state index is 0.0265. The van der Waals surface area contributed by atoms with E-state index in [4.69, 9.17) is 9.47 Å². The zero-order chi connectivity index (χ0) is 17.2. The molecule has 0 saturated carbocycles. The second-order valence-corrected chi connectivity index (χ2v) is 6.99. The molecule has 1 aromatic carbocycles. The lowest BCUT2D eigenvalue weighted by atomic mass is 10.2. The molecular weight excluding hydrogens is 324 g/mol. The normalized spacial score (nSPS) is 17.3. The van der Waals surface area contributed by atoms with Gasteiger partial charge in [-0.15, -0.1) is 0 Å². The van der Waals surface area contributed by atoms with Gasteiger partial charge in [-0.25, -0.2) is 0 Å². The molecule has 1 aliphatic heterocycles. The van der Waals surface area contributed by atoms with Crippen LogP contribution in [0, 0.1) is 0 Å². The number of anilines is 1. The van der Waals surface area contributed by atoms with E-state index < -0.39 is 0 Å². The smallest absolute Gasteiger partial charge is 0.225 e. The molecule has 1 heterocycles. The lowest BCUT2D eigenvalue weighted by Gasteiger charge is -2.22. The molecule has 0 aliphatic carbocycles. The van der Waals surface area contributed by atoms with Crippen LogP contribution in [0.25, 0.3) is 0 Å². The van der Waals surface area contributed by atoms with Gasteiger partial charge in [0.2, 0.25) is 5.91 Å². The van der Waals surface area contributed by atoms with E-state index in [2.05, 4.69) is 24.5 Å². The largest absolute Gasteiger partial charge is 0.490 e. The van der Waals surface area contributed by atoms with E-state index in [0.29, 0.717) is 25.4 Å². The third-order valence-electron chi connectivity index (χ3n) is 3.58. The van der Waals surface area contributed by atoms with Gasteiger partial charge in [-0.2, -0.15) is 11.8 Å². The van der Waals surface area contributed by atoms with Gasteiger partial charge in [0, 0.05) is 42.3 Å². The Bertz CT molecular complexity index is 519. The van der Waals surface area contributed by atoms with Gasteiger partial charge in [0.05, 0.1) is 13.2 Å². The van der Waals surface area contributed by atoms with Crippen LogP contribution in [-0.2, 0) is 4.79 Å². The van der Waals surface area contributed by atoms with E-state index in [9.17, 15) is 4.79 Å². The number of thioether (sulfide) groups is 1. The lowest BCUT2D eigenvalue weighted by Crippen LogP contribution is -2.39. The monoisotopic (exact) mass is 352 g/mol. The molecule has 6 heteroatoms. The molecule has 1 amide bonds. The number of amides is 1. The summed E-state index contributed by atoms with van der Waals surface area (Å²) in [4.78, 5) is 12.2. The van der Waals surface area contributed by atoms with Crippen LogP contribution in [0.1, 0.15) is 33.1 Å². The maximum absolute atomic E-state index is 12.2. The molecule has 1 saturated heterocycles. The Kier molecular flexibility index (Phi) is 8.25. The lowest BCUT2D eigenvalue weighted by molar-refractivity contribution is -0.116. The van der Waals surface area contributed by atoms with Crippen molar-refractivity contribution >= 4 is 23.4 Å². The van der Waals surface area contributed by atoms with Crippen LogP contribution in [0.4, 0.5) is 5.69 Å². The number of carbonyl (C=O) groups is 1. The maximum atomic E-state index is 12.2. The van der Waals surface area contributed by atoms with Gasteiger partial charge in [-0.05, 0) is 25.0 Å². The van der Waals surface area contributed by atoms with Crippen molar-refractivity contribution in [1.29, 1.82) is 0 Å². The van der Waals surface area contributed by atoms with Crippen molar-refractivity contribution in [2.24, 2.45) is 0 Å². The molecule has 0 aromatic heterocycles. The number of ether oxygens (including phenoxy) is 2. The average molecular weight is 353 g/mol. The number of nitrogens with one attached hydrogen (secondary N) is 2. The van der Waals surface area contributed by atoms with E-state index in [1.54, 1.807) is 0 Å². The Hall–Kier alpha value is -1.40. The van der Waals surface area contributed by atoms with Gasteiger partial charge in [0.1, 0.15) is 0 Å². The van der Waals surface area contributed by atoms with Crippen molar-refractivity contribution in [3.8, 4) is 11.5 Å². The SMILES string of the molecule is CCCOc1ccc(NC(=O)CC2CSCCN2)cc1OCCC. The van der Waals surface area contributed by atoms with Crippen molar-refractivity contribution in [3.63, 3.8) is 0 Å². The molecule has 1 unspecified atom stereocenters. The van der Waals surface area contributed by atoms with Crippen molar-refractivity contribution in [3.05, 3.63) is 18.2 Å². The summed E-state index contributed by atoms with van der Waals surface area (Å²) in [5, 5.41) is 6.35. The highest BCUT2D eigenvalue weighted by Gasteiger charge is 2.17. The first-order valence-electron chi connectivity index (χ1n) is 8.73. The highest BCUT2D eigenvalue weighted by atomic mass is 32.2. The molecule has 24 heavy (non-hydrogen) atoms. The summed E-state index contributed by atoms with van der Waals surface area (Å²) in [6.45, 7) is 6.38. The molecule has 2 N–H and O–H groups in total. The fourth-order valence-electron chi connectivity index (χ4n) is 2.43. The van der Waals surface area contributed by atoms with Gasteiger partial charge >= 0.3 is 0 Å². The zero-order valence-corrected chi connectivity index (χ0v) is 15.4. The Morgan fingerprint density at radius 1 is 1.25 bits per heavy atom. The third-order valence-corrected chi connectivity index (χ3v) is 4.71. The summed E-state index contributed by atoms with van der Waals surface area (Å²) < 4.78 is 11.5. The Labute approximate surface area is 148 Å². The second kappa shape index (κ2) is 10.5. The van der Waals surface area contributed by atoms with Crippen LogP contribution >= 0.6 is 11.8 Å². The topological polar surface area (TPSA) is 59.6 Å². The minimum atomic E-state index is 0.0265. The quantitative estimate of drug-likeness (QED) is 0.714. The zero-order valence-electron chi connectivity index (χ0n) is 14.6. The fraction of sp³-hybridized carbons (Fsp3) is 0.611. The van der Waals surface area contributed by atoms with E-state index in [1.165, 1.54) is 0 Å². The third kappa shape index (κ3) is 6.24.